The summed E-state index contributed by atoms with van der Waals surface area (Å²) in [7, 11) is 0. The van der Waals surface area contributed by atoms with E-state index in [9.17, 15) is 4.79 Å². The minimum Gasteiger partial charge on any atom is -0.467 e. The first-order chi connectivity index (χ1) is 9.70. The van der Waals surface area contributed by atoms with Gasteiger partial charge >= 0.3 is 0 Å². The van der Waals surface area contributed by atoms with Gasteiger partial charge in [0.2, 0.25) is 0 Å². The molecule has 0 aliphatic carbocycles. The number of piperidine rings is 1. The third kappa shape index (κ3) is 3.64. The number of nitrogens with one attached hydrogen (secondary N) is 1. The summed E-state index contributed by atoms with van der Waals surface area (Å²) in [6.45, 7) is 3.31. The molecule has 0 aromatic carbocycles. The first-order valence-corrected chi connectivity index (χ1v) is 6.89. The van der Waals surface area contributed by atoms with E-state index in [1.54, 1.807) is 24.6 Å². The molecule has 106 valence electrons. The molecule has 1 atom stereocenters. The van der Waals surface area contributed by atoms with Crippen LogP contribution in [0.1, 0.15) is 31.9 Å². The highest BCUT2D eigenvalue weighted by atomic mass is 16.3. The van der Waals surface area contributed by atoms with E-state index in [0.717, 1.165) is 19.4 Å². The number of hydrogen-bond acceptors (Lipinski definition) is 4. The molecule has 5 heteroatoms. The molecule has 1 fully saturated rings. The molecular weight excluding hydrogens is 254 g/mol. The van der Waals surface area contributed by atoms with Gasteiger partial charge in [0.05, 0.1) is 12.8 Å². The minimum absolute atomic E-state index is 0.144. The van der Waals surface area contributed by atoms with Crippen LogP contribution in [0.4, 0.5) is 0 Å². The van der Waals surface area contributed by atoms with E-state index < -0.39 is 0 Å². The van der Waals surface area contributed by atoms with Crippen molar-refractivity contribution in [2.75, 3.05) is 6.54 Å². The lowest BCUT2D eigenvalue weighted by Crippen LogP contribution is -2.34. The first kappa shape index (κ1) is 14.2. The summed E-state index contributed by atoms with van der Waals surface area (Å²) >= 11 is 0. The second-order valence-corrected chi connectivity index (χ2v) is 5.00. The van der Waals surface area contributed by atoms with Crippen LogP contribution < -0.4 is 5.32 Å². The van der Waals surface area contributed by atoms with Crippen LogP contribution in [0.5, 0.6) is 0 Å². The highest BCUT2D eigenvalue weighted by molar-refractivity contribution is 5.97. The topological polar surface area (TPSA) is 69.3 Å². The molecule has 0 saturated carbocycles. The zero-order chi connectivity index (χ0) is 14.4. The molecule has 1 aliphatic rings. The highest BCUT2D eigenvalue weighted by Crippen LogP contribution is 2.17. The van der Waals surface area contributed by atoms with Crippen LogP contribution in [0.3, 0.4) is 0 Å². The highest BCUT2D eigenvalue weighted by Gasteiger charge is 2.18. The molecule has 0 spiro atoms. The summed E-state index contributed by atoms with van der Waals surface area (Å²) in [5.41, 5.74) is 0.144. The van der Waals surface area contributed by atoms with E-state index in [1.807, 2.05) is 6.07 Å². The molecule has 1 N–H and O–H groups in total. The van der Waals surface area contributed by atoms with Crippen molar-refractivity contribution < 1.29 is 9.21 Å². The molecule has 20 heavy (non-hydrogen) atoms. The van der Waals surface area contributed by atoms with Crippen LogP contribution in [-0.4, -0.2) is 23.4 Å². The normalized spacial score (nSPS) is 19.5. The predicted molar refractivity (Wildman–Crippen MR) is 74.3 cm³/mol. The lowest BCUT2D eigenvalue weighted by molar-refractivity contribution is -0.117. The Hall–Kier alpha value is -2.22. The van der Waals surface area contributed by atoms with Crippen LogP contribution in [0.2, 0.25) is 0 Å². The molecule has 5 nitrogen and oxygen atoms in total. The van der Waals surface area contributed by atoms with Crippen molar-refractivity contribution in [3.05, 3.63) is 35.9 Å². The Morgan fingerprint density at radius 3 is 3.15 bits per heavy atom. The van der Waals surface area contributed by atoms with Crippen LogP contribution in [0.25, 0.3) is 0 Å². The summed E-state index contributed by atoms with van der Waals surface area (Å²) in [4.78, 5) is 14.1. The molecule has 1 unspecified atom stereocenters. The van der Waals surface area contributed by atoms with Gasteiger partial charge in [-0.2, -0.15) is 5.26 Å². The summed E-state index contributed by atoms with van der Waals surface area (Å²) in [5.74, 6) is 0.309. The Morgan fingerprint density at radius 1 is 1.65 bits per heavy atom. The van der Waals surface area contributed by atoms with Gasteiger partial charge in [0.15, 0.2) is 0 Å². The van der Waals surface area contributed by atoms with Gasteiger partial charge in [-0.3, -0.25) is 4.79 Å². The Balaban J connectivity index is 1.96. The smallest absolute Gasteiger partial charge is 0.263 e. The van der Waals surface area contributed by atoms with Crippen molar-refractivity contribution in [3.63, 3.8) is 0 Å². The number of furan rings is 1. The minimum atomic E-state index is -0.360. The maximum absolute atomic E-state index is 12.0. The van der Waals surface area contributed by atoms with E-state index in [-0.39, 0.29) is 11.5 Å². The Bertz CT molecular complexity index is 514. The van der Waals surface area contributed by atoms with E-state index in [1.165, 1.54) is 6.42 Å². The number of hydrogen-bond donors (Lipinski definition) is 1. The number of likely N-dealkylation sites (tertiary alicyclic amines) is 1. The van der Waals surface area contributed by atoms with Gasteiger partial charge in [-0.05, 0) is 38.3 Å². The monoisotopic (exact) mass is 273 g/mol. The Morgan fingerprint density at radius 2 is 2.50 bits per heavy atom. The van der Waals surface area contributed by atoms with Gasteiger partial charge < -0.3 is 14.6 Å². The van der Waals surface area contributed by atoms with E-state index in [0.29, 0.717) is 18.3 Å². The lowest BCUT2D eigenvalue weighted by Gasteiger charge is -2.32. The zero-order valence-electron chi connectivity index (χ0n) is 11.6. The fourth-order valence-electron chi connectivity index (χ4n) is 2.29. The largest absolute Gasteiger partial charge is 0.467 e. The van der Waals surface area contributed by atoms with Crippen LogP contribution in [-0.2, 0) is 11.3 Å². The van der Waals surface area contributed by atoms with Gasteiger partial charge in [0, 0.05) is 18.8 Å². The standard InChI is InChI=1S/C15H19N3O2/c1-12-5-2-3-7-18(12)11-13(9-16)15(19)17-10-14-6-4-8-20-14/h4,6,8,11-12H,2-3,5,7,10H2,1H3,(H,17,19)/b13-11-. The summed E-state index contributed by atoms with van der Waals surface area (Å²) < 4.78 is 5.14. The maximum atomic E-state index is 12.0. The quantitative estimate of drug-likeness (QED) is 0.674. The molecule has 2 heterocycles. The van der Waals surface area contributed by atoms with Gasteiger partial charge in [0.1, 0.15) is 17.4 Å². The van der Waals surface area contributed by atoms with Gasteiger partial charge in [0.25, 0.3) is 5.91 Å². The predicted octanol–water partition coefficient (Wildman–Crippen LogP) is 2.18. The lowest BCUT2D eigenvalue weighted by atomic mass is 10.0. The third-order valence-electron chi connectivity index (χ3n) is 3.52. The molecule has 1 aromatic heterocycles. The fraction of sp³-hybridized carbons (Fsp3) is 0.467. The van der Waals surface area contributed by atoms with Crippen LogP contribution >= 0.6 is 0 Å². The Labute approximate surface area is 118 Å². The van der Waals surface area contributed by atoms with Gasteiger partial charge in [-0.25, -0.2) is 0 Å². The van der Waals surface area contributed by atoms with Crippen molar-refractivity contribution in [1.29, 1.82) is 5.26 Å². The maximum Gasteiger partial charge on any atom is 0.263 e. The molecule has 0 bridgehead atoms. The summed E-state index contributed by atoms with van der Waals surface area (Å²) in [6.07, 6.45) is 6.65. The number of carbonyl (C=O) groups excluding carboxylic acids is 1. The van der Waals surface area contributed by atoms with Crippen molar-refractivity contribution in [3.8, 4) is 6.07 Å². The van der Waals surface area contributed by atoms with E-state index in [2.05, 4.69) is 17.1 Å². The molecule has 1 amide bonds. The van der Waals surface area contributed by atoms with Gasteiger partial charge in [-0.15, -0.1) is 0 Å². The second kappa shape index (κ2) is 6.80. The van der Waals surface area contributed by atoms with Crippen molar-refractivity contribution in [2.24, 2.45) is 0 Å². The first-order valence-electron chi connectivity index (χ1n) is 6.89. The average molecular weight is 273 g/mol. The number of amides is 1. The average Bonchev–Trinajstić information content (AvgIpc) is 2.97. The van der Waals surface area contributed by atoms with Crippen molar-refractivity contribution >= 4 is 5.91 Å². The SMILES string of the molecule is CC1CCCCN1/C=C(/C#N)C(=O)NCc1ccco1. The Kier molecular flexibility index (Phi) is 4.83. The number of rotatable bonds is 4. The fourth-order valence-corrected chi connectivity index (χ4v) is 2.29. The van der Waals surface area contributed by atoms with Gasteiger partial charge in [-0.1, -0.05) is 0 Å². The summed E-state index contributed by atoms with van der Waals surface area (Å²) in [5, 5.41) is 11.8. The molecule has 1 saturated heterocycles. The zero-order valence-corrected chi connectivity index (χ0v) is 11.6. The van der Waals surface area contributed by atoms with Crippen LogP contribution in [0.15, 0.2) is 34.6 Å². The molecular formula is C15H19N3O2. The molecule has 0 radical (unpaired) electrons. The van der Waals surface area contributed by atoms with E-state index in [4.69, 9.17) is 9.68 Å². The van der Waals surface area contributed by atoms with E-state index >= 15 is 0 Å². The number of nitrogens with zero attached hydrogens (tertiary/aromatic N) is 2. The third-order valence-corrected chi connectivity index (χ3v) is 3.52. The second-order valence-electron chi connectivity index (χ2n) is 5.00. The molecule has 1 aromatic rings. The van der Waals surface area contributed by atoms with Crippen molar-refractivity contribution in [2.45, 2.75) is 38.8 Å². The summed E-state index contributed by atoms with van der Waals surface area (Å²) in [6, 6.07) is 5.90. The number of carbonyl (C=O) groups is 1. The van der Waals surface area contributed by atoms with Crippen LogP contribution in [0, 0.1) is 11.3 Å². The number of nitriles is 1. The van der Waals surface area contributed by atoms with Crippen molar-refractivity contribution in [1.82, 2.24) is 10.2 Å². The molecule has 1 aliphatic heterocycles. The molecule has 2 rings (SSSR count).